The van der Waals surface area contributed by atoms with E-state index >= 15 is 0 Å². The van der Waals surface area contributed by atoms with Crippen molar-refractivity contribution < 1.29 is 9.90 Å². The molecule has 2 aromatic rings. The highest BCUT2D eigenvalue weighted by Crippen LogP contribution is 2.28. The topological polar surface area (TPSA) is 75.1 Å². The summed E-state index contributed by atoms with van der Waals surface area (Å²) < 4.78 is 0. The lowest BCUT2D eigenvalue weighted by Crippen LogP contribution is -2.25. The minimum atomic E-state index is -0.939. The number of anilines is 1. The Kier molecular flexibility index (Phi) is 3.73. The predicted molar refractivity (Wildman–Crippen MR) is 81.5 cm³/mol. The SMILES string of the molecule is CC1CCC(Nc2ncnc3cc(C(=O)O)ccc23)CC1. The Balaban J connectivity index is 1.87. The molecule has 1 saturated carbocycles. The van der Waals surface area contributed by atoms with Crippen molar-refractivity contribution in [3.8, 4) is 0 Å². The van der Waals surface area contributed by atoms with Gasteiger partial charge in [-0.25, -0.2) is 14.8 Å². The van der Waals surface area contributed by atoms with E-state index in [1.165, 1.54) is 19.2 Å². The van der Waals surface area contributed by atoms with Crippen LogP contribution in [0.2, 0.25) is 0 Å². The first-order valence-electron chi connectivity index (χ1n) is 7.38. The third-order valence-corrected chi connectivity index (χ3v) is 4.24. The van der Waals surface area contributed by atoms with E-state index < -0.39 is 5.97 Å². The summed E-state index contributed by atoms with van der Waals surface area (Å²) >= 11 is 0. The number of benzene rings is 1. The first-order valence-corrected chi connectivity index (χ1v) is 7.38. The van der Waals surface area contributed by atoms with E-state index in [0.717, 1.165) is 30.0 Å². The number of aromatic carboxylic acids is 1. The van der Waals surface area contributed by atoms with Crippen LogP contribution < -0.4 is 5.32 Å². The van der Waals surface area contributed by atoms with Gasteiger partial charge in [0.05, 0.1) is 11.1 Å². The molecule has 1 aliphatic carbocycles. The van der Waals surface area contributed by atoms with Crippen LogP contribution >= 0.6 is 0 Å². The third kappa shape index (κ3) is 2.96. The lowest BCUT2D eigenvalue weighted by atomic mass is 9.87. The van der Waals surface area contributed by atoms with Gasteiger partial charge in [0.25, 0.3) is 0 Å². The first-order chi connectivity index (χ1) is 10.1. The quantitative estimate of drug-likeness (QED) is 0.904. The second kappa shape index (κ2) is 5.68. The van der Waals surface area contributed by atoms with Gasteiger partial charge in [-0.1, -0.05) is 6.92 Å². The number of fused-ring (bicyclic) bond motifs is 1. The molecular formula is C16H19N3O2. The summed E-state index contributed by atoms with van der Waals surface area (Å²) in [5.41, 5.74) is 0.912. The molecule has 3 rings (SSSR count). The van der Waals surface area contributed by atoms with E-state index in [0.29, 0.717) is 11.6 Å². The third-order valence-electron chi connectivity index (χ3n) is 4.24. The van der Waals surface area contributed by atoms with Crippen LogP contribution in [0.25, 0.3) is 10.9 Å². The lowest BCUT2D eigenvalue weighted by Gasteiger charge is -2.27. The molecule has 1 fully saturated rings. The van der Waals surface area contributed by atoms with Crippen LogP contribution in [0.5, 0.6) is 0 Å². The summed E-state index contributed by atoms with van der Waals surface area (Å²) in [5.74, 6) is 0.672. The molecule has 5 nitrogen and oxygen atoms in total. The molecule has 0 radical (unpaired) electrons. The van der Waals surface area contributed by atoms with Gasteiger partial charge < -0.3 is 10.4 Å². The van der Waals surface area contributed by atoms with Crippen LogP contribution in [-0.2, 0) is 0 Å². The number of rotatable bonds is 3. The molecule has 0 spiro atoms. The molecule has 1 heterocycles. The Bertz CT molecular complexity index is 664. The molecule has 0 saturated heterocycles. The average Bonchev–Trinajstić information content (AvgIpc) is 2.49. The van der Waals surface area contributed by atoms with Crippen molar-refractivity contribution >= 4 is 22.7 Å². The van der Waals surface area contributed by atoms with Gasteiger partial charge in [0.1, 0.15) is 12.1 Å². The molecule has 2 N–H and O–H groups in total. The fourth-order valence-electron chi connectivity index (χ4n) is 2.90. The maximum absolute atomic E-state index is 11.0. The van der Waals surface area contributed by atoms with E-state index in [2.05, 4.69) is 22.2 Å². The van der Waals surface area contributed by atoms with Crippen molar-refractivity contribution in [1.29, 1.82) is 0 Å². The van der Waals surface area contributed by atoms with Gasteiger partial charge in [-0.2, -0.15) is 0 Å². The van der Waals surface area contributed by atoms with Crippen molar-refractivity contribution in [2.75, 3.05) is 5.32 Å². The van der Waals surface area contributed by atoms with Crippen molar-refractivity contribution in [2.24, 2.45) is 5.92 Å². The molecule has 0 bridgehead atoms. The van der Waals surface area contributed by atoms with Crippen molar-refractivity contribution in [2.45, 2.75) is 38.6 Å². The Labute approximate surface area is 123 Å². The zero-order valence-electron chi connectivity index (χ0n) is 12.0. The largest absolute Gasteiger partial charge is 0.478 e. The maximum atomic E-state index is 11.0. The van der Waals surface area contributed by atoms with Crippen molar-refractivity contribution in [3.05, 3.63) is 30.1 Å². The second-order valence-corrected chi connectivity index (χ2v) is 5.86. The van der Waals surface area contributed by atoms with Crippen LogP contribution in [0.1, 0.15) is 43.0 Å². The van der Waals surface area contributed by atoms with E-state index in [9.17, 15) is 4.79 Å². The monoisotopic (exact) mass is 285 g/mol. The molecule has 1 aromatic carbocycles. The van der Waals surface area contributed by atoms with E-state index in [1.807, 2.05) is 0 Å². The number of aromatic nitrogens is 2. The Morgan fingerprint density at radius 3 is 2.71 bits per heavy atom. The van der Waals surface area contributed by atoms with Crippen molar-refractivity contribution in [1.82, 2.24) is 9.97 Å². The second-order valence-electron chi connectivity index (χ2n) is 5.86. The van der Waals surface area contributed by atoms with Gasteiger partial charge in [-0.05, 0) is 49.8 Å². The van der Waals surface area contributed by atoms with E-state index in [-0.39, 0.29) is 5.56 Å². The maximum Gasteiger partial charge on any atom is 0.335 e. The molecule has 5 heteroatoms. The molecule has 1 aromatic heterocycles. The van der Waals surface area contributed by atoms with E-state index in [4.69, 9.17) is 5.11 Å². The molecule has 21 heavy (non-hydrogen) atoms. The number of hydrogen-bond donors (Lipinski definition) is 2. The number of nitrogens with zero attached hydrogens (tertiary/aromatic N) is 2. The van der Waals surface area contributed by atoms with Gasteiger partial charge in [0, 0.05) is 11.4 Å². The fourth-order valence-corrected chi connectivity index (χ4v) is 2.90. The summed E-state index contributed by atoms with van der Waals surface area (Å²) in [6, 6.07) is 5.42. The van der Waals surface area contributed by atoms with Crippen LogP contribution in [0, 0.1) is 5.92 Å². The highest BCUT2D eigenvalue weighted by Gasteiger charge is 2.19. The fraction of sp³-hybridized carbons (Fsp3) is 0.438. The number of nitrogens with one attached hydrogen (secondary N) is 1. The minimum Gasteiger partial charge on any atom is -0.478 e. The summed E-state index contributed by atoms with van der Waals surface area (Å²) in [6.07, 6.45) is 6.27. The van der Waals surface area contributed by atoms with Crippen molar-refractivity contribution in [3.63, 3.8) is 0 Å². The Morgan fingerprint density at radius 2 is 2.00 bits per heavy atom. The molecule has 0 amide bonds. The molecular weight excluding hydrogens is 266 g/mol. The normalized spacial score (nSPS) is 22.1. The highest BCUT2D eigenvalue weighted by atomic mass is 16.4. The Hall–Kier alpha value is -2.17. The predicted octanol–water partition coefficient (Wildman–Crippen LogP) is 3.32. The summed E-state index contributed by atoms with van der Waals surface area (Å²) in [6.45, 7) is 2.30. The van der Waals surface area contributed by atoms with Gasteiger partial charge in [-0.15, -0.1) is 0 Å². The van der Waals surface area contributed by atoms with Gasteiger partial charge >= 0.3 is 5.97 Å². The van der Waals surface area contributed by atoms with E-state index in [1.54, 1.807) is 18.2 Å². The lowest BCUT2D eigenvalue weighted by molar-refractivity contribution is 0.0697. The highest BCUT2D eigenvalue weighted by molar-refractivity contribution is 5.96. The first kappa shape index (κ1) is 13.8. The van der Waals surface area contributed by atoms with Gasteiger partial charge in [0.2, 0.25) is 0 Å². The molecule has 0 atom stereocenters. The summed E-state index contributed by atoms with van der Waals surface area (Å²) in [5, 5.41) is 13.4. The molecule has 110 valence electrons. The number of carboxylic acids is 1. The van der Waals surface area contributed by atoms with Crippen LogP contribution in [0.3, 0.4) is 0 Å². The zero-order chi connectivity index (χ0) is 14.8. The van der Waals surface area contributed by atoms with Crippen LogP contribution in [0.4, 0.5) is 5.82 Å². The number of carbonyl (C=O) groups is 1. The summed E-state index contributed by atoms with van der Waals surface area (Å²) in [7, 11) is 0. The van der Waals surface area contributed by atoms with Gasteiger partial charge in [-0.3, -0.25) is 0 Å². The summed E-state index contributed by atoms with van der Waals surface area (Å²) in [4.78, 5) is 19.5. The number of carboxylic acid groups (broad SMARTS) is 1. The number of hydrogen-bond acceptors (Lipinski definition) is 4. The Morgan fingerprint density at radius 1 is 1.24 bits per heavy atom. The van der Waals surface area contributed by atoms with Crippen LogP contribution in [0.15, 0.2) is 24.5 Å². The molecule has 0 unspecified atom stereocenters. The van der Waals surface area contributed by atoms with Gasteiger partial charge in [0.15, 0.2) is 0 Å². The molecule has 1 aliphatic rings. The molecule has 0 aliphatic heterocycles. The zero-order valence-corrected chi connectivity index (χ0v) is 12.0. The minimum absolute atomic E-state index is 0.249. The average molecular weight is 285 g/mol. The smallest absolute Gasteiger partial charge is 0.335 e. The van der Waals surface area contributed by atoms with Crippen LogP contribution in [-0.4, -0.2) is 27.1 Å². The standard InChI is InChI=1S/C16H19N3O2/c1-10-2-5-12(6-3-10)19-15-13-7-4-11(16(20)21)8-14(13)17-9-18-15/h4,7-10,12H,2-3,5-6H2,1H3,(H,20,21)(H,17,18,19).